The van der Waals surface area contributed by atoms with Crippen molar-refractivity contribution in [2.45, 2.75) is 0 Å². The van der Waals surface area contributed by atoms with Crippen molar-refractivity contribution in [3.05, 3.63) is 0 Å². The summed E-state index contributed by atoms with van der Waals surface area (Å²) in [6.45, 7) is 0. The topological polar surface area (TPSA) is 141 Å². The molecule has 0 saturated heterocycles. The van der Waals surface area contributed by atoms with Gasteiger partial charge in [-0.1, -0.05) is 0 Å². The van der Waals surface area contributed by atoms with Crippen LogP contribution in [-0.4, -0.2) is 0 Å². The molecule has 9 heavy (non-hydrogen) atoms. The summed E-state index contributed by atoms with van der Waals surface area (Å²) in [7, 11) is 0. The molecule has 0 N–H and O–H groups in total. The first kappa shape index (κ1) is 32.4. The molecule has 0 spiro atoms. The van der Waals surface area contributed by atoms with Crippen molar-refractivity contribution in [3.63, 3.8) is 0 Å². The van der Waals surface area contributed by atoms with Crippen LogP contribution in [0.5, 0.6) is 0 Å². The van der Waals surface area contributed by atoms with Crippen molar-refractivity contribution in [1.82, 2.24) is 12.3 Å². The molecule has 0 aliphatic heterocycles. The zero-order valence-electron chi connectivity index (χ0n) is 4.35. The van der Waals surface area contributed by atoms with Gasteiger partial charge in [0, 0.05) is 0 Å². The molecular weight excluding hydrogens is 250 g/mol. The van der Waals surface area contributed by atoms with Crippen molar-refractivity contribution >= 4 is 19.8 Å². The summed E-state index contributed by atoms with van der Waals surface area (Å²) in [5.74, 6) is 0. The van der Waals surface area contributed by atoms with E-state index >= 15 is 0 Å². The van der Waals surface area contributed by atoms with Crippen molar-refractivity contribution in [1.29, 1.82) is 0 Å². The fourth-order valence-electron chi connectivity index (χ4n) is 0. The van der Waals surface area contributed by atoms with Crippen molar-refractivity contribution in [2.24, 2.45) is 0 Å². The predicted molar refractivity (Wildman–Crippen MR) is 27.9 cm³/mol. The summed E-state index contributed by atoms with van der Waals surface area (Å²) in [6, 6.07) is 0. The Morgan fingerprint density at radius 1 is 0.889 bits per heavy atom. The van der Waals surface area contributed by atoms with E-state index in [4.69, 9.17) is 14.3 Å². The van der Waals surface area contributed by atoms with E-state index in [1.165, 1.54) is 0 Å². The van der Waals surface area contributed by atoms with Gasteiger partial charge in [0.1, 0.15) is 0 Å². The van der Waals surface area contributed by atoms with E-state index in [-0.39, 0.29) is 32.1 Å². The van der Waals surface area contributed by atoms with Crippen LogP contribution in [0.4, 0.5) is 0 Å². The van der Waals surface area contributed by atoms with Crippen LogP contribution in [-0.2, 0) is 23.5 Å². The molecule has 0 rings (SSSR count). The van der Waals surface area contributed by atoms with E-state index in [1.54, 1.807) is 0 Å². The number of hydrogen-bond acceptors (Lipinski definition) is 4. The quantitative estimate of drug-likeness (QED) is 0.327. The molecule has 6 nitrogen and oxygen atoms in total. The van der Waals surface area contributed by atoms with Crippen LogP contribution >= 0.6 is 19.8 Å². The number of nitrogens with zero attached hydrogens (tertiary/aromatic N) is 2. The average Bonchev–Trinajstić information content (AvgIpc) is 0.722. The Hall–Kier alpha value is 0.988. The molecule has 0 saturated carbocycles. The van der Waals surface area contributed by atoms with Gasteiger partial charge in [-0.25, -0.2) is 0 Å². The van der Waals surface area contributed by atoms with E-state index < -0.39 is 16.7 Å². The molecular formula is H6MoN2O4P2. The Balaban J connectivity index is -0.0000000133. The first-order valence-corrected chi connectivity index (χ1v) is 3.94. The van der Waals surface area contributed by atoms with E-state index in [9.17, 15) is 0 Å². The normalized spacial score (nSPS) is 6.44. The zero-order chi connectivity index (χ0) is 4.50. The van der Waals surface area contributed by atoms with Crippen LogP contribution in [0.2, 0.25) is 0 Å². The summed E-state index contributed by atoms with van der Waals surface area (Å²) < 4.78 is 34.5. The fourth-order valence-corrected chi connectivity index (χ4v) is 0. The van der Waals surface area contributed by atoms with Crippen molar-refractivity contribution in [2.75, 3.05) is 0 Å². The third-order valence-corrected chi connectivity index (χ3v) is 0. The standard InChI is InChI=1S/Mo.2N.4O.2H3P/h;;;;;;;2*1H3/q;2*+1;;;2*-1;;. The van der Waals surface area contributed by atoms with Crippen LogP contribution in [0.3, 0.4) is 0 Å². The molecule has 0 aliphatic rings. The first-order valence-electron chi connectivity index (χ1n) is 0.667. The Kier molecular flexibility index (Phi) is 42.3. The second kappa shape index (κ2) is 11.7. The summed E-state index contributed by atoms with van der Waals surface area (Å²) >= 11 is -6.02. The SMILES string of the molecule is P.P.[N+].[N+].[O]=[Mo](=[O])([O-])[O-]. The van der Waals surface area contributed by atoms with E-state index in [0.717, 1.165) is 0 Å². The molecule has 2 unspecified atom stereocenters. The summed E-state index contributed by atoms with van der Waals surface area (Å²) in [5, 5.41) is 0. The second-order valence-corrected chi connectivity index (χ2v) is 2.42. The van der Waals surface area contributed by atoms with Gasteiger partial charge in [-0.2, -0.15) is 19.8 Å². The predicted octanol–water partition coefficient (Wildman–Crippen LogP) is -3.46. The Morgan fingerprint density at radius 3 is 0.889 bits per heavy atom. The molecule has 0 heterocycles. The number of rotatable bonds is 0. The van der Waals surface area contributed by atoms with Crippen LogP contribution in [0.15, 0.2) is 0 Å². The molecule has 8 radical (unpaired) electrons. The molecule has 0 bridgehead atoms. The maximum atomic E-state index is 8.63. The van der Waals surface area contributed by atoms with Crippen LogP contribution in [0.1, 0.15) is 0 Å². The van der Waals surface area contributed by atoms with Gasteiger partial charge in [0.05, 0.1) is 0 Å². The van der Waals surface area contributed by atoms with Crippen LogP contribution in [0.25, 0.3) is 0 Å². The van der Waals surface area contributed by atoms with Gasteiger partial charge in [0.15, 0.2) is 0 Å². The van der Waals surface area contributed by atoms with E-state index in [0.29, 0.717) is 0 Å². The molecule has 0 aromatic carbocycles. The van der Waals surface area contributed by atoms with Gasteiger partial charge in [0.25, 0.3) is 0 Å². The van der Waals surface area contributed by atoms with Gasteiger partial charge >= 0.3 is 43.4 Å². The molecule has 0 aromatic heterocycles. The minimum absolute atomic E-state index is 0. The van der Waals surface area contributed by atoms with E-state index in [1.807, 2.05) is 0 Å². The first-order chi connectivity index (χ1) is 2.00. The Bertz CT molecular complexity index is 99.7. The Morgan fingerprint density at radius 2 is 0.889 bits per heavy atom. The van der Waals surface area contributed by atoms with Crippen LogP contribution in [0, 0.1) is 0 Å². The minimum atomic E-state index is -6.02. The zero-order valence-corrected chi connectivity index (χ0v) is 9.19. The van der Waals surface area contributed by atoms with Gasteiger partial charge < -0.3 is 0 Å². The van der Waals surface area contributed by atoms with Crippen molar-refractivity contribution < 1.29 is 31.1 Å². The molecule has 0 aromatic rings. The van der Waals surface area contributed by atoms with Gasteiger partial charge in [-0.05, 0) is 0 Å². The van der Waals surface area contributed by atoms with Crippen molar-refractivity contribution in [3.8, 4) is 0 Å². The average molecular weight is 256 g/mol. The van der Waals surface area contributed by atoms with Gasteiger partial charge in [0.2, 0.25) is 0 Å². The van der Waals surface area contributed by atoms with E-state index in [2.05, 4.69) is 0 Å². The third kappa shape index (κ3) is 449. The molecule has 2 atom stereocenters. The Labute approximate surface area is 63.5 Å². The monoisotopic (exact) mass is 258 g/mol. The molecule has 0 aliphatic carbocycles. The molecule has 0 fully saturated rings. The summed E-state index contributed by atoms with van der Waals surface area (Å²) in [6.07, 6.45) is 0. The maximum absolute atomic E-state index is 8.63. The second-order valence-electron chi connectivity index (χ2n) is 0.408. The van der Waals surface area contributed by atoms with Crippen LogP contribution < -0.4 is 19.8 Å². The third-order valence-electron chi connectivity index (χ3n) is 0. The molecule has 56 valence electrons. The number of hydrogen-bond donors (Lipinski definition) is 0. The fraction of sp³-hybridized carbons (Fsp3) is 0. The van der Waals surface area contributed by atoms with Gasteiger partial charge in [-0.3, -0.25) is 0 Å². The summed E-state index contributed by atoms with van der Waals surface area (Å²) in [4.78, 5) is 0. The van der Waals surface area contributed by atoms with Gasteiger partial charge in [-0.15, -0.1) is 0 Å². The molecule has 0 amide bonds. The summed E-state index contributed by atoms with van der Waals surface area (Å²) in [5.41, 5.74) is 0. The molecule has 9 heteroatoms.